The molecule has 3 rings (SSSR count). The summed E-state index contributed by atoms with van der Waals surface area (Å²) in [6.45, 7) is 0. The molecule has 0 aliphatic carbocycles. The Bertz CT molecular complexity index is 530. The summed E-state index contributed by atoms with van der Waals surface area (Å²) in [6, 6.07) is 2.90. The normalized spacial score (nSPS) is 18.6. The molecule has 0 saturated carbocycles. The fourth-order valence-electron chi connectivity index (χ4n) is 2.02. The summed E-state index contributed by atoms with van der Waals surface area (Å²) in [5.74, 6) is 0.891. The third-order valence-corrected chi connectivity index (χ3v) is 2.75. The average Bonchev–Trinajstić information content (AvgIpc) is 2.93. The van der Waals surface area contributed by atoms with E-state index in [-0.39, 0.29) is 0 Å². The summed E-state index contributed by atoms with van der Waals surface area (Å²) in [5.41, 5.74) is 0. The Balaban J connectivity index is 2.13. The number of rotatable bonds is 2. The summed E-state index contributed by atoms with van der Waals surface area (Å²) in [6.07, 6.45) is 2.74. The Morgan fingerprint density at radius 1 is 1.56 bits per heavy atom. The van der Waals surface area contributed by atoms with E-state index >= 15 is 0 Å². The van der Waals surface area contributed by atoms with Crippen molar-refractivity contribution in [3.8, 4) is 11.6 Å². The maximum atomic E-state index is 11.1. The van der Waals surface area contributed by atoms with Gasteiger partial charge in [-0.15, -0.1) is 10.2 Å². The van der Waals surface area contributed by atoms with Crippen molar-refractivity contribution in [1.29, 1.82) is 0 Å². The van der Waals surface area contributed by atoms with Gasteiger partial charge < -0.3 is 9.52 Å². The highest BCUT2D eigenvalue weighted by Gasteiger charge is 2.33. The van der Waals surface area contributed by atoms with Gasteiger partial charge in [-0.1, -0.05) is 0 Å². The minimum absolute atomic E-state index is 0.491. The Hall–Kier alpha value is -2.11. The van der Waals surface area contributed by atoms with Crippen LogP contribution in [-0.4, -0.2) is 25.8 Å². The molecule has 0 radical (unpaired) electrons. The van der Waals surface area contributed by atoms with Gasteiger partial charge in [-0.2, -0.15) is 0 Å². The fourth-order valence-corrected chi connectivity index (χ4v) is 2.02. The van der Waals surface area contributed by atoms with E-state index in [2.05, 4.69) is 10.2 Å². The van der Waals surface area contributed by atoms with Crippen LogP contribution in [0.5, 0.6) is 0 Å². The van der Waals surface area contributed by atoms with Gasteiger partial charge in [-0.05, 0) is 18.6 Å². The molecule has 0 spiro atoms. The standard InChI is InChI=1S/C10H9N3O3/c14-10(15)6-3-4-8-11-12-9(13(6)8)7-2-1-5-16-7/h1-2,5-6H,3-4H2,(H,14,15)/t6-/m1/s1. The van der Waals surface area contributed by atoms with E-state index in [1.807, 2.05) is 0 Å². The molecule has 6 nitrogen and oxygen atoms in total. The minimum atomic E-state index is -0.855. The highest BCUT2D eigenvalue weighted by Crippen LogP contribution is 2.31. The number of fused-ring (bicyclic) bond motifs is 1. The number of aliphatic carboxylic acids is 1. The van der Waals surface area contributed by atoms with E-state index in [4.69, 9.17) is 9.52 Å². The van der Waals surface area contributed by atoms with Gasteiger partial charge in [-0.25, -0.2) is 4.79 Å². The number of nitrogens with zero attached hydrogens (tertiary/aromatic N) is 3. The van der Waals surface area contributed by atoms with Gasteiger partial charge in [0, 0.05) is 6.42 Å². The molecule has 0 bridgehead atoms. The number of carboxylic acid groups (broad SMARTS) is 1. The quantitative estimate of drug-likeness (QED) is 0.818. The summed E-state index contributed by atoms with van der Waals surface area (Å²) in [7, 11) is 0. The molecule has 2 aromatic rings. The van der Waals surface area contributed by atoms with Gasteiger partial charge in [0.15, 0.2) is 5.76 Å². The second-order valence-corrected chi connectivity index (χ2v) is 3.68. The van der Waals surface area contributed by atoms with Crippen LogP contribution in [0.3, 0.4) is 0 Å². The molecule has 3 heterocycles. The fraction of sp³-hybridized carbons (Fsp3) is 0.300. The van der Waals surface area contributed by atoms with Crippen LogP contribution < -0.4 is 0 Å². The van der Waals surface area contributed by atoms with Crippen molar-refractivity contribution in [2.45, 2.75) is 18.9 Å². The van der Waals surface area contributed by atoms with E-state index in [0.29, 0.717) is 30.3 Å². The minimum Gasteiger partial charge on any atom is -0.480 e. The number of furan rings is 1. The van der Waals surface area contributed by atoms with E-state index < -0.39 is 12.0 Å². The molecule has 1 N–H and O–H groups in total. The van der Waals surface area contributed by atoms with Crippen molar-refractivity contribution < 1.29 is 14.3 Å². The van der Waals surface area contributed by atoms with Crippen LogP contribution in [0.25, 0.3) is 11.6 Å². The Morgan fingerprint density at radius 3 is 3.12 bits per heavy atom. The van der Waals surface area contributed by atoms with Crippen LogP contribution in [0.2, 0.25) is 0 Å². The first-order valence-corrected chi connectivity index (χ1v) is 4.98. The van der Waals surface area contributed by atoms with Crippen LogP contribution in [-0.2, 0) is 11.2 Å². The molecule has 0 fully saturated rings. The lowest BCUT2D eigenvalue weighted by molar-refractivity contribution is -0.140. The lowest BCUT2D eigenvalue weighted by Gasteiger charge is -2.08. The summed E-state index contributed by atoms with van der Waals surface area (Å²) in [4.78, 5) is 11.1. The molecule has 0 amide bonds. The summed E-state index contributed by atoms with van der Waals surface area (Å²) < 4.78 is 6.86. The topological polar surface area (TPSA) is 81.2 Å². The van der Waals surface area contributed by atoms with Gasteiger partial charge in [0.25, 0.3) is 0 Å². The second-order valence-electron chi connectivity index (χ2n) is 3.68. The number of aromatic nitrogens is 3. The van der Waals surface area contributed by atoms with Gasteiger partial charge in [-0.3, -0.25) is 4.57 Å². The molecule has 6 heteroatoms. The number of carbonyl (C=O) groups is 1. The zero-order valence-electron chi connectivity index (χ0n) is 8.33. The first kappa shape index (κ1) is 9.14. The predicted octanol–water partition coefficient (Wildman–Crippen LogP) is 1.11. The van der Waals surface area contributed by atoms with Gasteiger partial charge >= 0.3 is 5.97 Å². The number of hydrogen-bond donors (Lipinski definition) is 1. The predicted molar refractivity (Wildman–Crippen MR) is 52.7 cm³/mol. The van der Waals surface area contributed by atoms with Crippen LogP contribution in [0.1, 0.15) is 18.3 Å². The molecule has 2 aromatic heterocycles. The number of carboxylic acids is 1. The lowest BCUT2D eigenvalue weighted by Crippen LogP contribution is -2.15. The molecule has 1 atom stereocenters. The van der Waals surface area contributed by atoms with Crippen molar-refractivity contribution in [1.82, 2.24) is 14.8 Å². The molecule has 0 unspecified atom stereocenters. The highest BCUT2D eigenvalue weighted by molar-refractivity contribution is 5.73. The van der Waals surface area contributed by atoms with Crippen molar-refractivity contribution >= 4 is 5.97 Å². The van der Waals surface area contributed by atoms with Crippen molar-refractivity contribution in [3.63, 3.8) is 0 Å². The monoisotopic (exact) mass is 219 g/mol. The summed E-state index contributed by atoms with van der Waals surface area (Å²) in [5, 5.41) is 17.0. The van der Waals surface area contributed by atoms with Crippen molar-refractivity contribution in [3.05, 3.63) is 24.2 Å². The van der Waals surface area contributed by atoms with Gasteiger partial charge in [0.2, 0.25) is 5.82 Å². The van der Waals surface area contributed by atoms with E-state index in [1.54, 1.807) is 16.7 Å². The smallest absolute Gasteiger partial charge is 0.326 e. The molecule has 1 aliphatic heterocycles. The molecule has 1 aliphatic rings. The van der Waals surface area contributed by atoms with Gasteiger partial charge in [0.1, 0.15) is 11.9 Å². The summed E-state index contributed by atoms with van der Waals surface area (Å²) >= 11 is 0. The first-order valence-electron chi connectivity index (χ1n) is 4.98. The van der Waals surface area contributed by atoms with E-state index in [0.717, 1.165) is 0 Å². The Morgan fingerprint density at radius 2 is 2.44 bits per heavy atom. The zero-order chi connectivity index (χ0) is 11.1. The van der Waals surface area contributed by atoms with E-state index in [1.165, 1.54) is 6.26 Å². The Labute approximate surface area is 90.5 Å². The molecule has 16 heavy (non-hydrogen) atoms. The second kappa shape index (κ2) is 3.19. The molecule has 0 saturated heterocycles. The average molecular weight is 219 g/mol. The Kier molecular flexibility index (Phi) is 1.82. The van der Waals surface area contributed by atoms with Crippen LogP contribution in [0.4, 0.5) is 0 Å². The highest BCUT2D eigenvalue weighted by atomic mass is 16.4. The van der Waals surface area contributed by atoms with Gasteiger partial charge in [0.05, 0.1) is 6.26 Å². The molecular formula is C10H9N3O3. The largest absolute Gasteiger partial charge is 0.480 e. The maximum Gasteiger partial charge on any atom is 0.326 e. The van der Waals surface area contributed by atoms with Crippen molar-refractivity contribution in [2.75, 3.05) is 0 Å². The van der Waals surface area contributed by atoms with Crippen LogP contribution in [0.15, 0.2) is 22.8 Å². The third kappa shape index (κ3) is 1.16. The first-order chi connectivity index (χ1) is 7.77. The number of aryl methyl sites for hydroxylation is 1. The zero-order valence-corrected chi connectivity index (χ0v) is 8.33. The molecule has 82 valence electrons. The SMILES string of the molecule is O=C(O)[C@H]1CCc2nnc(-c3ccco3)n21. The number of hydrogen-bond acceptors (Lipinski definition) is 4. The van der Waals surface area contributed by atoms with Crippen LogP contribution in [0, 0.1) is 0 Å². The van der Waals surface area contributed by atoms with E-state index in [9.17, 15) is 4.79 Å². The lowest BCUT2D eigenvalue weighted by atomic mass is 10.2. The molecule has 0 aromatic carbocycles. The maximum absolute atomic E-state index is 11.1. The van der Waals surface area contributed by atoms with Crippen LogP contribution >= 0.6 is 0 Å². The third-order valence-electron chi connectivity index (χ3n) is 2.75. The molecular weight excluding hydrogens is 210 g/mol. The van der Waals surface area contributed by atoms with Crippen molar-refractivity contribution in [2.24, 2.45) is 0 Å².